The molecule has 6 heteroatoms. The number of carboxylic acids is 1. The fraction of sp³-hybridized carbons (Fsp3) is 0.533. The van der Waals surface area contributed by atoms with E-state index in [0.717, 1.165) is 18.9 Å². The van der Waals surface area contributed by atoms with Crippen LogP contribution in [0.4, 0.5) is 4.79 Å². The smallest absolute Gasteiger partial charge is 0.420 e. The van der Waals surface area contributed by atoms with E-state index in [2.05, 4.69) is 4.98 Å². The molecule has 0 saturated carbocycles. The van der Waals surface area contributed by atoms with Crippen LogP contribution in [0.3, 0.4) is 0 Å². The lowest BCUT2D eigenvalue weighted by Gasteiger charge is -2.20. The summed E-state index contributed by atoms with van der Waals surface area (Å²) >= 11 is 0. The maximum Gasteiger partial charge on any atom is 0.420 e. The molecule has 0 radical (unpaired) electrons. The van der Waals surface area contributed by atoms with E-state index in [1.165, 1.54) is 16.8 Å². The lowest BCUT2D eigenvalue weighted by molar-refractivity contribution is -0.131. The molecule has 1 N–H and O–H groups in total. The quantitative estimate of drug-likeness (QED) is 0.844. The predicted octanol–water partition coefficient (Wildman–Crippen LogP) is 3.11. The molecule has 0 bridgehead atoms. The number of carbonyl (C=O) groups excluding carboxylic acids is 1. The monoisotopic (exact) mass is 294 g/mol. The van der Waals surface area contributed by atoms with E-state index >= 15 is 0 Å². The lowest BCUT2D eigenvalue weighted by atomic mass is 10.2. The second-order valence-corrected chi connectivity index (χ2v) is 5.71. The molecule has 1 aromatic heterocycles. The first-order chi connectivity index (χ1) is 9.73. The van der Waals surface area contributed by atoms with Crippen molar-refractivity contribution in [3.63, 3.8) is 0 Å². The van der Waals surface area contributed by atoms with Gasteiger partial charge in [-0.25, -0.2) is 19.1 Å². The molecule has 116 valence electrons. The Morgan fingerprint density at radius 3 is 2.62 bits per heavy atom. The standard InChI is InChI=1S/C15H22N2O4/c1-5-6-7-12-16-11(8-9-13(18)19)10-17(12)14(20)21-15(2,3)4/h8-10H,5-7H2,1-4H3,(H,18,19)/b9-8-. The molecule has 0 saturated heterocycles. The van der Waals surface area contributed by atoms with E-state index in [1.54, 1.807) is 20.8 Å². The Kier molecular flexibility index (Phi) is 5.69. The highest BCUT2D eigenvalue weighted by molar-refractivity contribution is 5.85. The maximum absolute atomic E-state index is 12.2. The van der Waals surface area contributed by atoms with Gasteiger partial charge in [-0.3, -0.25) is 0 Å². The third-order valence-electron chi connectivity index (χ3n) is 2.54. The molecule has 6 nitrogen and oxygen atoms in total. The molecule has 0 aliphatic carbocycles. The van der Waals surface area contributed by atoms with Crippen LogP contribution in [0.2, 0.25) is 0 Å². The van der Waals surface area contributed by atoms with Crippen LogP contribution in [0, 0.1) is 0 Å². The number of carbonyl (C=O) groups is 2. The topological polar surface area (TPSA) is 81.4 Å². The second kappa shape index (κ2) is 7.06. The highest BCUT2D eigenvalue weighted by Gasteiger charge is 2.20. The van der Waals surface area contributed by atoms with Crippen molar-refractivity contribution in [3.05, 3.63) is 23.8 Å². The number of hydrogen-bond donors (Lipinski definition) is 1. The molecule has 1 heterocycles. The van der Waals surface area contributed by atoms with Gasteiger partial charge in [-0.2, -0.15) is 0 Å². The van der Waals surface area contributed by atoms with E-state index < -0.39 is 17.7 Å². The van der Waals surface area contributed by atoms with Gasteiger partial charge in [0.2, 0.25) is 0 Å². The van der Waals surface area contributed by atoms with Gasteiger partial charge in [0.25, 0.3) is 0 Å². The average Bonchev–Trinajstić information content (AvgIpc) is 2.75. The van der Waals surface area contributed by atoms with Crippen molar-refractivity contribution < 1.29 is 19.4 Å². The van der Waals surface area contributed by atoms with Gasteiger partial charge in [-0.15, -0.1) is 0 Å². The fourth-order valence-electron chi connectivity index (χ4n) is 1.66. The first kappa shape index (κ1) is 16.9. The maximum atomic E-state index is 12.2. The van der Waals surface area contributed by atoms with E-state index in [4.69, 9.17) is 9.84 Å². The van der Waals surface area contributed by atoms with Crippen LogP contribution in [-0.4, -0.2) is 32.3 Å². The summed E-state index contributed by atoms with van der Waals surface area (Å²) in [5.41, 5.74) is -0.171. The highest BCUT2D eigenvalue weighted by atomic mass is 16.6. The minimum Gasteiger partial charge on any atom is -0.478 e. The predicted molar refractivity (Wildman–Crippen MR) is 79.1 cm³/mol. The van der Waals surface area contributed by atoms with Gasteiger partial charge >= 0.3 is 12.1 Å². The van der Waals surface area contributed by atoms with Gasteiger partial charge in [0, 0.05) is 18.7 Å². The van der Waals surface area contributed by atoms with Crippen LogP contribution < -0.4 is 0 Å². The minimum absolute atomic E-state index is 0.425. The summed E-state index contributed by atoms with van der Waals surface area (Å²) < 4.78 is 6.68. The van der Waals surface area contributed by atoms with Crippen LogP contribution in [0.25, 0.3) is 6.08 Å². The summed E-state index contributed by atoms with van der Waals surface area (Å²) in [4.78, 5) is 27.0. The molecule has 0 spiro atoms. The summed E-state index contributed by atoms with van der Waals surface area (Å²) in [5, 5.41) is 8.64. The van der Waals surface area contributed by atoms with Gasteiger partial charge in [-0.1, -0.05) is 13.3 Å². The van der Waals surface area contributed by atoms with Crippen molar-refractivity contribution >= 4 is 18.1 Å². The van der Waals surface area contributed by atoms with E-state index in [1.807, 2.05) is 6.92 Å². The number of aliphatic carboxylic acids is 1. The summed E-state index contributed by atoms with van der Waals surface area (Å²) in [5.74, 6) is -0.479. The van der Waals surface area contributed by atoms with E-state index in [0.29, 0.717) is 17.9 Å². The number of ether oxygens (including phenoxy) is 1. The summed E-state index contributed by atoms with van der Waals surface area (Å²) in [6, 6.07) is 0. The molecule has 1 rings (SSSR count). The zero-order valence-electron chi connectivity index (χ0n) is 12.9. The van der Waals surface area contributed by atoms with Crippen molar-refractivity contribution in [2.75, 3.05) is 0 Å². The second-order valence-electron chi connectivity index (χ2n) is 5.71. The van der Waals surface area contributed by atoms with Crippen molar-refractivity contribution in [2.24, 2.45) is 0 Å². The lowest BCUT2D eigenvalue weighted by Crippen LogP contribution is -2.27. The molecule has 0 unspecified atom stereocenters. The van der Waals surface area contributed by atoms with Gasteiger partial charge in [-0.05, 0) is 33.3 Å². The van der Waals surface area contributed by atoms with Crippen molar-refractivity contribution in [3.8, 4) is 0 Å². The Balaban J connectivity index is 3.03. The van der Waals surface area contributed by atoms with Crippen LogP contribution in [-0.2, 0) is 16.0 Å². The summed E-state index contributed by atoms with van der Waals surface area (Å²) in [6.07, 6.45) is 5.85. The zero-order valence-corrected chi connectivity index (χ0v) is 12.9. The number of aromatic nitrogens is 2. The van der Waals surface area contributed by atoms with Crippen molar-refractivity contribution in [1.82, 2.24) is 9.55 Å². The fourth-order valence-corrected chi connectivity index (χ4v) is 1.66. The molecule has 0 aromatic carbocycles. The third-order valence-corrected chi connectivity index (χ3v) is 2.54. The van der Waals surface area contributed by atoms with Gasteiger partial charge in [0.15, 0.2) is 0 Å². The molecule has 0 aliphatic heterocycles. The molecule has 21 heavy (non-hydrogen) atoms. The summed E-state index contributed by atoms with van der Waals surface area (Å²) in [6.45, 7) is 7.42. The van der Waals surface area contributed by atoms with Crippen LogP contribution in [0.5, 0.6) is 0 Å². The van der Waals surface area contributed by atoms with Crippen LogP contribution in [0.1, 0.15) is 52.1 Å². The van der Waals surface area contributed by atoms with Gasteiger partial charge in [0.1, 0.15) is 11.4 Å². The Bertz CT molecular complexity index is 538. The number of hydrogen-bond acceptors (Lipinski definition) is 4. The molecule has 1 aromatic rings. The Labute approximate surface area is 124 Å². The molecular formula is C15H22N2O4. The molecule has 0 atom stereocenters. The highest BCUT2D eigenvalue weighted by Crippen LogP contribution is 2.14. The van der Waals surface area contributed by atoms with Crippen molar-refractivity contribution in [1.29, 1.82) is 0 Å². The first-order valence-electron chi connectivity index (χ1n) is 6.95. The Morgan fingerprint density at radius 2 is 2.10 bits per heavy atom. The van der Waals surface area contributed by atoms with Gasteiger partial charge < -0.3 is 9.84 Å². The number of carboxylic acid groups (broad SMARTS) is 1. The van der Waals surface area contributed by atoms with Crippen LogP contribution >= 0.6 is 0 Å². The molecular weight excluding hydrogens is 272 g/mol. The van der Waals surface area contributed by atoms with Crippen molar-refractivity contribution in [2.45, 2.75) is 52.6 Å². The average molecular weight is 294 g/mol. The van der Waals surface area contributed by atoms with E-state index in [9.17, 15) is 9.59 Å². The van der Waals surface area contributed by atoms with Crippen LogP contribution in [0.15, 0.2) is 12.3 Å². The molecule has 0 fully saturated rings. The molecule has 0 amide bonds. The SMILES string of the molecule is CCCCc1nc(/C=C\C(=O)O)cn1C(=O)OC(C)(C)C. The number of imidazole rings is 1. The number of aryl methyl sites for hydroxylation is 1. The third kappa shape index (κ3) is 5.81. The number of unbranched alkanes of at least 4 members (excludes halogenated alkanes) is 1. The minimum atomic E-state index is -1.06. The largest absolute Gasteiger partial charge is 0.478 e. The van der Waals surface area contributed by atoms with Gasteiger partial charge in [0.05, 0.1) is 5.69 Å². The zero-order chi connectivity index (χ0) is 16.0. The Hall–Kier alpha value is -2.11. The summed E-state index contributed by atoms with van der Waals surface area (Å²) in [7, 11) is 0. The van der Waals surface area contributed by atoms with E-state index in [-0.39, 0.29) is 0 Å². The normalized spacial score (nSPS) is 11.8. The first-order valence-corrected chi connectivity index (χ1v) is 6.95. The number of rotatable bonds is 5. The Morgan fingerprint density at radius 1 is 1.43 bits per heavy atom. The molecule has 0 aliphatic rings. The number of nitrogens with zero attached hydrogens (tertiary/aromatic N) is 2.